The van der Waals surface area contributed by atoms with Crippen LogP contribution in [0.1, 0.15) is 26.2 Å². The van der Waals surface area contributed by atoms with Crippen LogP contribution < -0.4 is 10.6 Å². The highest BCUT2D eigenvalue weighted by atomic mass is 32.2. The molecule has 0 spiro atoms. The van der Waals surface area contributed by atoms with Gasteiger partial charge in [-0.05, 0) is 19.3 Å². The van der Waals surface area contributed by atoms with Gasteiger partial charge in [-0.15, -0.1) is 10.2 Å². The highest BCUT2D eigenvalue weighted by Gasteiger charge is 2.16. The van der Waals surface area contributed by atoms with E-state index in [2.05, 4.69) is 20.8 Å². The highest BCUT2D eigenvalue weighted by molar-refractivity contribution is 8.01. The molecule has 112 valence electrons. The van der Waals surface area contributed by atoms with Crippen LogP contribution in [0.4, 0.5) is 5.13 Å². The summed E-state index contributed by atoms with van der Waals surface area (Å²) in [6.07, 6.45) is 3.48. The SMILES string of the molecule is CCCNC(=O)CSc1nnc(NC[C@@H]2CCCO2)s1. The first-order valence-corrected chi connectivity index (χ1v) is 8.66. The number of ether oxygens (including phenoxy) is 1. The highest BCUT2D eigenvalue weighted by Crippen LogP contribution is 2.25. The van der Waals surface area contributed by atoms with Crippen molar-refractivity contribution in [3.8, 4) is 0 Å². The summed E-state index contributed by atoms with van der Waals surface area (Å²) < 4.78 is 6.35. The Morgan fingerprint density at radius 3 is 3.20 bits per heavy atom. The molecule has 0 bridgehead atoms. The van der Waals surface area contributed by atoms with Gasteiger partial charge in [0.15, 0.2) is 4.34 Å². The summed E-state index contributed by atoms with van der Waals surface area (Å²) in [6, 6.07) is 0. The number of anilines is 1. The normalized spacial score (nSPS) is 18.1. The molecular weight excluding hydrogens is 296 g/mol. The molecule has 2 heterocycles. The van der Waals surface area contributed by atoms with E-state index in [0.717, 1.165) is 48.4 Å². The minimum atomic E-state index is 0.0425. The lowest BCUT2D eigenvalue weighted by atomic mass is 10.2. The molecule has 0 aliphatic carbocycles. The molecule has 0 saturated carbocycles. The summed E-state index contributed by atoms with van der Waals surface area (Å²) in [6.45, 7) is 4.39. The van der Waals surface area contributed by atoms with Crippen molar-refractivity contribution in [2.24, 2.45) is 0 Å². The fraction of sp³-hybridized carbons (Fsp3) is 0.750. The number of aromatic nitrogens is 2. The third-order valence-electron chi connectivity index (χ3n) is 2.81. The van der Waals surface area contributed by atoms with E-state index in [1.165, 1.54) is 23.1 Å². The van der Waals surface area contributed by atoms with Crippen molar-refractivity contribution in [2.45, 2.75) is 36.6 Å². The molecule has 2 N–H and O–H groups in total. The van der Waals surface area contributed by atoms with Gasteiger partial charge in [0.1, 0.15) is 0 Å². The smallest absolute Gasteiger partial charge is 0.230 e. The van der Waals surface area contributed by atoms with Crippen LogP contribution in [0.25, 0.3) is 0 Å². The average molecular weight is 316 g/mol. The molecular formula is C12H20N4O2S2. The van der Waals surface area contributed by atoms with Gasteiger partial charge in [0.2, 0.25) is 11.0 Å². The summed E-state index contributed by atoms with van der Waals surface area (Å²) >= 11 is 2.90. The molecule has 0 unspecified atom stereocenters. The van der Waals surface area contributed by atoms with Crippen molar-refractivity contribution >= 4 is 34.1 Å². The number of hydrogen-bond acceptors (Lipinski definition) is 7. The minimum absolute atomic E-state index is 0.0425. The van der Waals surface area contributed by atoms with E-state index in [0.29, 0.717) is 5.75 Å². The van der Waals surface area contributed by atoms with Crippen molar-refractivity contribution in [3.63, 3.8) is 0 Å². The van der Waals surface area contributed by atoms with E-state index >= 15 is 0 Å². The topological polar surface area (TPSA) is 76.1 Å². The third kappa shape index (κ3) is 5.26. The second-order valence-corrected chi connectivity index (χ2v) is 6.73. The first-order valence-electron chi connectivity index (χ1n) is 6.86. The van der Waals surface area contributed by atoms with Crippen LogP contribution in [-0.4, -0.2) is 47.7 Å². The minimum Gasteiger partial charge on any atom is -0.376 e. The van der Waals surface area contributed by atoms with Gasteiger partial charge in [0.25, 0.3) is 0 Å². The van der Waals surface area contributed by atoms with Crippen LogP contribution in [0, 0.1) is 0 Å². The number of carbonyl (C=O) groups excluding carboxylic acids is 1. The third-order valence-corrected chi connectivity index (χ3v) is 4.82. The van der Waals surface area contributed by atoms with Gasteiger partial charge in [-0.25, -0.2) is 0 Å². The molecule has 8 heteroatoms. The summed E-state index contributed by atoms with van der Waals surface area (Å²) in [5.74, 6) is 0.432. The molecule has 1 saturated heterocycles. The Morgan fingerprint density at radius 2 is 2.45 bits per heavy atom. The Hall–Kier alpha value is -0.860. The molecule has 20 heavy (non-hydrogen) atoms. The molecule has 1 fully saturated rings. The largest absolute Gasteiger partial charge is 0.376 e. The van der Waals surface area contributed by atoms with Crippen molar-refractivity contribution in [3.05, 3.63) is 0 Å². The quantitative estimate of drug-likeness (QED) is 0.712. The van der Waals surface area contributed by atoms with E-state index in [4.69, 9.17) is 4.74 Å². The Labute approximate surface area is 127 Å². The lowest BCUT2D eigenvalue weighted by Crippen LogP contribution is -2.25. The van der Waals surface area contributed by atoms with Crippen LogP contribution in [0.2, 0.25) is 0 Å². The van der Waals surface area contributed by atoms with Crippen LogP contribution in [0.15, 0.2) is 4.34 Å². The number of amides is 1. The van der Waals surface area contributed by atoms with Gasteiger partial charge < -0.3 is 15.4 Å². The lowest BCUT2D eigenvalue weighted by molar-refractivity contribution is -0.118. The lowest BCUT2D eigenvalue weighted by Gasteiger charge is -2.08. The zero-order chi connectivity index (χ0) is 14.2. The van der Waals surface area contributed by atoms with Crippen LogP contribution in [0.3, 0.4) is 0 Å². The van der Waals surface area contributed by atoms with Crippen molar-refractivity contribution in [2.75, 3.05) is 30.8 Å². The molecule has 1 aromatic rings. The average Bonchev–Trinajstić information content (AvgIpc) is 3.11. The van der Waals surface area contributed by atoms with E-state index in [1.54, 1.807) is 0 Å². The molecule has 2 rings (SSSR count). The van der Waals surface area contributed by atoms with E-state index in [-0.39, 0.29) is 12.0 Å². The summed E-state index contributed by atoms with van der Waals surface area (Å²) in [4.78, 5) is 11.5. The summed E-state index contributed by atoms with van der Waals surface area (Å²) in [5.41, 5.74) is 0. The number of nitrogens with one attached hydrogen (secondary N) is 2. The van der Waals surface area contributed by atoms with Gasteiger partial charge in [0.05, 0.1) is 11.9 Å². The number of thioether (sulfide) groups is 1. The first-order chi connectivity index (χ1) is 9.78. The number of nitrogens with zero attached hydrogens (tertiary/aromatic N) is 2. The summed E-state index contributed by atoms with van der Waals surface area (Å²) in [7, 11) is 0. The zero-order valence-electron chi connectivity index (χ0n) is 11.6. The fourth-order valence-corrected chi connectivity index (χ4v) is 3.38. The molecule has 0 radical (unpaired) electrons. The monoisotopic (exact) mass is 316 g/mol. The van der Waals surface area contributed by atoms with Gasteiger partial charge in [0, 0.05) is 19.7 Å². The maximum atomic E-state index is 11.5. The van der Waals surface area contributed by atoms with Gasteiger partial charge in [-0.2, -0.15) is 0 Å². The molecule has 1 amide bonds. The summed E-state index contributed by atoms with van der Waals surface area (Å²) in [5, 5.41) is 15.0. The van der Waals surface area contributed by atoms with Crippen LogP contribution in [0.5, 0.6) is 0 Å². The van der Waals surface area contributed by atoms with Gasteiger partial charge >= 0.3 is 0 Å². The zero-order valence-corrected chi connectivity index (χ0v) is 13.2. The Kier molecular flexibility index (Phi) is 6.55. The number of hydrogen-bond donors (Lipinski definition) is 2. The molecule has 0 aromatic carbocycles. The molecule has 1 atom stereocenters. The maximum absolute atomic E-state index is 11.5. The van der Waals surface area contributed by atoms with E-state index in [9.17, 15) is 4.79 Å². The molecule has 1 aliphatic rings. The number of rotatable bonds is 8. The van der Waals surface area contributed by atoms with Crippen molar-refractivity contribution in [1.82, 2.24) is 15.5 Å². The standard InChI is InChI=1S/C12H20N4O2S2/c1-2-5-13-10(17)8-19-12-16-15-11(20-12)14-7-9-4-3-6-18-9/h9H,2-8H2,1H3,(H,13,17)(H,14,15)/t9-/m0/s1. The van der Waals surface area contributed by atoms with Gasteiger partial charge in [-0.3, -0.25) is 4.79 Å². The molecule has 6 nitrogen and oxygen atoms in total. The predicted molar refractivity (Wildman–Crippen MR) is 81.4 cm³/mol. The Bertz CT molecular complexity index is 421. The second-order valence-electron chi connectivity index (χ2n) is 4.53. The predicted octanol–water partition coefficient (Wildman–Crippen LogP) is 1.75. The van der Waals surface area contributed by atoms with Crippen molar-refractivity contribution in [1.29, 1.82) is 0 Å². The van der Waals surface area contributed by atoms with E-state index in [1.807, 2.05) is 6.92 Å². The maximum Gasteiger partial charge on any atom is 0.230 e. The molecule has 1 aliphatic heterocycles. The first kappa shape index (κ1) is 15.5. The Morgan fingerprint density at radius 1 is 1.55 bits per heavy atom. The number of carbonyl (C=O) groups is 1. The van der Waals surface area contributed by atoms with Gasteiger partial charge in [-0.1, -0.05) is 30.0 Å². The molecule has 1 aromatic heterocycles. The van der Waals surface area contributed by atoms with Crippen LogP contribution in [-0.2, 0) is 9.53 Å². The van der Waals surface area contributed by atoms with E-state index < -0.39 is 0 Å². The Balaban J connectivity index is 1.67. The second kappa shape index (κ2) is 8.43. The van der Waals surface area contributed by atoms with Crippen LogP contribution >= 0.6 is 23.1 Å². The fourth-order valence-electron chi connectivity index (χ4n) is 1.79. The van der Waals surface area contributed by atoms with Crippen molar-refractivity contribution < 1.29 is 9.53 Å².